The number of nitrogens with zero attached hydrogens (tertiary/aromatic N) is 3. The van der Waals surface area contributed by atoms with Crippen molar-refractivity contribution in [2.45, 2.75) is 26.7 Å². The maximum Gasteiger partial charge on any atom is 0.321 e. The Labute approximate surface area is 137 Å². The molecule has 0 radical (unpaired) electrons. The Kier molecular flexibility index (Phi) is 4.37. The summed E-state index contributed by atoms with van der Waals surface area (Å²) in [7, 11) is 1.93. The monoisotopic (exact) mass is 312 g/mol. The second kappa shape index (κ2) is 6.44. The lowest BCUT2D eigenvalue weighted by Crippen LogP contribution is -2.33. The molecule has 1 aromatic heterocycles. The van der Waals surface area contributed by atoms with Crippen molar-refractivity contribution >= 4 is 11.7 Å². The van der Waals surface area contributed by atoms with Gasteiger partial charge in [0.15, 0.2) is 0 Å². The van der Waals surface area contributed by atoms with E-state index >= 15 is 0 Å². The van der Waals surface area contributed by atoms with Crippen LogP contribution in [0.25, 0.3) is 0 Å². The molecule has 3 rings (SSSR count). The van der Waals surface area contributed by atoms with E-state index in [2.05, 4.69) is 22.7 Å². The Morgan fingerprint density at radius 2 is 2.04 bits per heavy atom. The minimum atomic E-state index is 0.00341. The number of carbonyl (C=O) groups excluding carboxylic acids is 1. The van der Waals surface area contributed by atoms with E-state index in [1.807, 2.05) is 48.8 Å². The third-order valence-electron chi connectivity index (χ3n) is 4.33. The molecule has 1 aliphatic rings. The fraction of sp³-hybridized carbons (Fsp3) is 0.444. The van der Waals surface area contributed by atoms with E-state index in [0.717, 1.165) is 42.7 Å². The molecule has 2 heterocycles. The van der Waals surface area contributed by atoms with Crippen LogP contribution in [0.2, 0.25) is 0 Å². The highest BCUT2D eigenvalue weighted by Crippen LogP contribution is 2.22. The first kappa shape index (κ1) is 15.6. The van der Waals surface area contributed by atoms with Crippen LogP contribution in [0, 0.1) is 19.8 Å². The summed E-state index contributed by atoms with van der Waals surface area (Å²) < 4.78 is 1.83. The number of nitrogens with one attached hydrogen (secondary N) is 1. The van der Waals surface area contributed by atoms with Gasteiger partial charge in [-0.15, -0.1) is 0 Å². The van der Waals surface area contributed by atoms with Crippen LogP contribution in [0.4, 0.5) is 10.5 Å². The fourth-order valence-corrected chi connectivity index (χ4v) is 3.34. The summed E-state index contributed by atoms with van der Waals surface area (Å²) in [5.74, 6) is 0.518. The van der Waals surface area contributed by atoms with E-state index in [1.54, 1.807) is 0 Å². The molecule has 0 spiro atoms. The zero-order valence-corrected chi connectivity index (χ0v) is 14.0. The van der Waals surface area contributed by atoms with Crippen molar-refractivity contribution in [1.29, 1.82) is 0 Å². The number of anilines is 1. The third-order valence-corrected chi connectivity index (χ3v) is 4.33. The molecule has 1 fully saturated rings. The molecule has 0 aliphatic carbocycles. The average molecular weight is 312 g/mol. The molecule has 122 valence electrons. The highest BCUT2D eigenvalue weighted by Gasteiger charge is 2.26. The maximum atomic E-state index is 12.4. The molecule has 1 aromatic carbocycles. The van der Waals surface area contributed by atoms with E-state index < -0.39 is 0 Å². The maximum absolute atomic E-state index is 12.4. The molecule has 1 atom stereocenters. The van der Waals surface area contributed by atoms with Crippen molar-refractivity contribution in [2.24, 2.45) is 13.0 Å². The topological polar surface area (TPSA) is 50.2 Å². The lowest BCUT2D eigenvalue weighted by atomic mass is 10.0. The van der Waals surface area contributed by atoms with Crippen LogP contribution >= 0.6 is 0 Å². The molecular weight excluding hydrogens is 288 g/mol. The molecule has 5 nitrogen and oxygen atoms in total. The second-order valence-corrected chi connectivity index (χ2v) is 6.63. The van der Waals surface area contributed by atoms with Gasteiger partial charge in [-0.2, -0.15) is 5.10 Å². The van der Waals surface area contributed by atoms with E-state index in [0.29, 0.717) is 5.92 Å². The predicted molar refractivity (Wildman–Crippen MR) is 91.5 cm³/mol. The number of hydrogen-bond donors (Lipinski definition) is 1. The Bertz CT molecular complexity index is 687. The minimum Gasteiger partial charge on any atom is -0.324 e. The number of aryl methyl sites for hydroxylation is 3. The Balaban J connectivity index is 1.56. The molecule has 5 heteroatoms. The summed E-state index contributed by atoms with van der Waals surface area (Å²) in [5, 5.41) is 7.23. The van der Waals surface area contributed by atoms with Crippen molar-refractivity contribution in [1.82, 2.24) is 14.7 Å². The van der Waals surface area contributed by atoms with Crippen LogP contribution < -0.4 is 5.32 Å². The first-order chi connectivity index (χ1) is 11.0. The lowest BCUT2D eigenvalue weighted by molar-refractivity contribution is 0.221. The Hall–Kier alpha value is -2.30. The fourth-order valence-electron chi connectivity index (χ4n) is 3.34. The zero-order chi connectivity index (χ0) is 16.4. The van der Waals surface area contributed by atoms with Crippen LogP contribution in [-0.4, -0.2) is 33.8 Å². The quantitative estimate of drug-likeness (QED) is 0.946. The van der Waals surface area contributed by atoms with Crippen LogP contribution in [0.5, 0.6) is 0 Å². The standard InChI is InChI=1S/C18H24N4O/c1-13-6-14(2)8-17(7-13)20-18(23)22-5-4-15(12-22)9-16-10-19-21(3)11-16/h6-8,10-11,15H,4-5,9,12H2,1-3H3,(H,20,23). The van der Waals surface area contributed by atoms with Gasteiger partial charge in [-0.05, 0) is 61.4 Å². The van der Waals surface area contributed by atoms with E-state index in [-0.39, 0.29) is 6.03 Å². The molecule has 1 aliphatic heterocycles. The molecule has 1 N–H and O–H groups in total. The van der Waals surface area contributed by atoms with Crippen molar-refractivity contribution in [3.05, 3.63) is 47.3 Å². The number of benzene rings is 1. The normalized spacial score (nSPS) is 17.5. The summed E-state index contributed by atoms with van der Waals surface area (Å²) >= 11 is 0. The van der Waals surface area contributed by atoms with Gasteiger partial charge < -0.3 is 10.2 Å². The van der Waals surface area contributed by atoms with Gasteiger partial charge in [0.25, 0.3) is 0 Å². The third kappa shape index (κ3) is 3.92. The summed E-state index contributed by atoms with van der Waals surface area (Å²) in [6, 6.07) is 6.13. The number of aromatic nitrogens is 2. The first-order valence-electron chi connectivity index (χ1n) is 8.11. The second-order valence-electron chi connectivity index (χ2n) is 6.63. The van der Waals surface area contributed by atoms with Gasteiger partial charge >= 0.3 is 6.03 Å². The lowest BCUT2D eigenvalue weighted by Gasteiger charge is -2.18. The number of hydrogen-bond acceptors (Lipinski definition) is 2. The van der Waals surface area contributed by atoms with E-state index in [4.69, 9.17) is 0 Å². The summed E-state index contributed by atoms with van der Waals surface area (Å²) in [6.07, 6.45) is 6.01. The molecule has 2 amide bonds. The van der Waals surface area contributed by atoms with Gasteiger partial charge in [0, 0.05) is 32.0 Å². The minimum absolute atomic E-state index is 0.00341. The molecule has 23 heavy (non-hydrogen) atoms. The van der Waals surface area contributed by atoms with E-state index in [9.17, 15) is 4.79 Å². The molecule has 1 saturated heterocycles. The highest BCUT2D eigenvalue weighted by molar-refractivity contribution is 5.89. The number of amides is 2. The largest absolute Gasteiger partial charge is 0.324 e. The Morgan fingerprint density at radius 1 is 1.30 bits per heavy atom. The van der Waals surface area contributed by atoms with Gasteiger partial charge in [-0.1, -0.05) is 6.07 Å². The van der Waals surface area contributed by atoms with Crippen LogP contribution in [0.15, 0.2) is 30.6 Å². The number of rotatable bonds is 3. The van der Waals surface area contributed by atoms with Crippen molar-refractivity contribution in [2.75, 3.05) is 18.4 Å². The summed E-state index contributed by atoms with van der Waals surface area (Å²) in [5.41, 5.74) is 4.45. The zero-order valence-electron chi connectivity index (χ0n) is 14.0. The highest BCUT2D eigenvalue weighted by atomic mass is 16.2. The SMILES string of the molecule is Cc1cc(C)cc(NC(=O)N2CCC(Cc3cnn(C)c3)C2)c1. The summed E-state index contributed by atoms with van der Waals surface area (Å²) in [4.78, 5) is 14.4. The number of likely N-dealkylation sites (tertiary alicyclic amines) is 1. The van der Waals surface area contributed by atoms with Crippen LogP contribution in [-0.2, 0) is 13.5 Å². The van der Waals surface area contributed by atoms with Crippen molar-refractivity contribution < 1.29 is 4.79 Å². The number of urea groups is 1. The van der Waals surface area contributed by atoms with E-state index in [1.165, 1.54) is 5.56 Å². The van der Waals surface area contributed by atoms with Crippen molar-refractivity contribution in [3.63, 3.8) is 0 Å². The predicted octanol–water partition coefficient (Wildman–Crippen LogP) is 3.13. The summed E-state index contributed by atoms with van der Waals surface area (Å²) in [6.45, 7) is 5.72. The molecular formula is C18H24N4O. The number of carbonyl (C=O) groups is 1. The molecule has 0 bridgehead atoms. The van der Waals surface area contributed by atoms with Crippen molar-refractivity contribution in [3.8, 4) is 0 Å². The van der Waals surface area contributed by atoms with Gasteiger partial charge in [-0.25, -0.2) is 4.79 Å². The van der Waals surface area contributed by atoms with Gasteiger partial charge in [0.2, 0.25) is 0 Å². The molecule has 1 unspecified atom stereocenters. The average Bonchev–Trinajstić information content (AvgIpc) is 3.07. The van der Waals surface area contributed by atoms with Crippen LogP contribution in [0.1, 0.15) is 23.1 Å². The Morgan fingerprint density at radius 3 is 2.70 bits per heavy atom. The first-order valence-corrected chi connectivity index (χ1v) is 8.11. The molecule has 0 saturated carbocycles. The smallest absolute Gasteiger partial charge is 0.321 e. The van der Waals surface area contributed by atoms with Gasteiger partial charge in [-0.3, -0.25) is 4.68 Å². The van der Waals surface area contributed by atoms with Gasteiger partial charge in [0.05, 0.1) is 6.20 Å². The van der Waals surface area contributed by atoms with Gasteiger partial charge in [0.1, 0.15) is 0 Å². The van der Waals surface area contributed by atoms with Crippen LogP contribution in [0.3, 0.4) is 0 Å². The molecule has 2 aromatic rings.